The average Bonchev–Trinajstić information content (AvgIpc) is 3.27. The number of hydrogen-bond donors (Lipinski definition) is 0. The van der Waals surface area contributed by atoms with Crippen LogP contribution in [0, 0.1) is 13.8 Å². The van der Waals surface area contributed by atoms with Crippen LogP contribution in [-0.4, -0.2) is 9.97 Å². The number of hydrogen-bond acceptors (Lipinski definition) is 3. The van der Waals surface area contributed by atoms with E-state index in [1.807, 2.05) is 18.6 Å². The van der Waals surface area contributed by atoms with Crippen LogP contribution in [-0.2, 0) is 5.41 Å². The van der Waals surface area contributed by atoms with Crippen molar-refractivity contribution in [3.63, 3.8) is 0 Å². The Hall–Kier alpha value is -3.46. The molecule has 0 N–H and O–H groups in total. The lowest BCUT2D eigenvalue weighted by atomic mass is 9.83. The highest BCUT2D eigenvalue weighted by molar-refractivity contribution is 6.14. The zero-order valence-electron chi connectivity index (χ0n) is 20.1. The van der Waals surface area contributed by atoms with E-state index in [4.69, 9.17) is 9.40 Å². The molecular weight excluding hydrogens is 404 g/mol. The van der Waals surface area contributed by atoms with Crippen LogP contribution in [0.2, 0.25) is 0 Å². The maximum Gasteiger partial charge on any atom is 0.145 e. The minimum absolute atomic E-state index is 0.102. The zero-order valence-corrected chi connectivity index (χ0v) is 20.1. The van der Waals surface area contributed by atoms with Gasteiger partial charge in [-0.05, 0) is 65.3 Å². The SMILES string of the molecule is Cc1cnc(-c2c(C)ccc3c2oc2c4c(ccc23)C(C)(C)c2cnccc2-4)cc1C(C)C. The summed E-state index contributed by atoms with van der Waals surface area (Å²) in [5.41, 5.74) is 12.6. The number of pyridine rings is 2. The fourth-order valence-corrected chi connectivity index (χ4v) is 5.66. The van der Waals surface area contributed by atoms with Crippen LogP contribution in [0.3, 0.4) is 0 Å². The zero-order chi connectivity index (χ0) is 23.1. The Morgan fingerprint density at radius 2 is 1.55 bits per heavy atom. The number of aromatic nitrogens is 2. The van der Waals surface area contributed by atoms with E-state index in [2.05, 4.69) is 82.9 Å². The lowest BCUT2D eigenvalue weighted by molar-refractivity contribution is 0.651. The van der Waals surface area contributed by atoms with E-state index in [1.165, 1.54) is 38.9 Å². The van der Waals surface area contributed by atoms with Crippen molar-refractivity contribution in [1.29, 1.82) is 0 Å². The molecule has 6 rings (SSSR count). The second-order valence-corrected chi connectivity index (χ2v) is 10.2. The minimum Gasteiger partial charge on any atom is -0.455 e. The first-order chi connectivity index (χ1) is 15.8. The fraction of sp³-hybridized carbons (Fsp3) is 0.267. The van der Waals surface area contributed by atoms with Gasteiger partial charge in [-0.2, -0.15) is 0 Å². The van der Waals surface area contributed by atoms with Crippen molar-refractivity contribution in [3.8, 4) is 22.4 Å². The van der Waals surface area contributed by atoms with E-state index in [0.717, 1.165) is 33.2 Å². The molecular formula is C30H28N2O. The number of fused-ring (bicyclic) bond motifs is 7. The third-order valence-electron chi connectivity index (χ3n) is 7.48. The van der Waals surface area contributed by atoms with E-state index >= 15 is 0 Å². The molecule has 3 aromatic heterocycles. The first-order valence-corrected chi connectivity index (χ1v) is 11.7. The number of nitrogens with zero attached hydrogens (tertiary/aromatic N) is 2. The minimum atomic E-state index is -0.102. The molecule has 5 aromatic rings. The highest BCUT2D eigenvalue weighted by atomic mass is 16.3. The van der Waals surface area contributed by atoms with Crippen molar-refractivity contribution in [3.05, 3.63) is 82.8 Å². The van der Waals surface area contributed by atoms with E-state index < -0.39 is 0 Å². The summed E-state index contributed by atoms with van der Waals surface area (Å²) in [4.78, 5) is 9.25. The third kappa shape index (κ3) is 2.68. The van der Waals surface area contributed by atoms with Gasteiger partial charge in [-0.3, -0.25) is 9.97 Å². The smallest absolute Gasteiger partial charge is 0.145 e. The van der Waals surface area contributed by atoms with Crippen LogP contribution < -0.4 is 0 Å². The lowest BCUT2D eigenvalue weighted by Crippen LogP contribution is -2.14. The summed E-state index contributed by atoms with van der Waals surface area (Å²) < 4.78 is 6.78. The predicted molar refractivity (Wildman–Crippen MR) is 136 cm³/mol. The summed E-state index contributed by atoms with van der Waals surface area (Å²) in [5.74, 6) is 0.442. The largest absolute Gasteiger partial charge is 0.455 e. The Kier molecular flexibility index (Phi) is 4.14. The number of aryl methyl sites for hydroxylation is 2. The Morgan fingerprint density at radius 3 is 2.30 bits per heavy atom. The summed E-state index contributed by atoms with van der Waals surface area (Å²) >= 11 is 0. The molecule has 0 amide bonds. The van der Waals surface area contributed by atoms with E-state index in [1.54, 1.807) is 0 Å². The van der Waals surface area contributed by atoms with Gasteiger partial charge in [-0.15, -0.1) is 0 Å². The highest BCUT2D eigenvalue weighted by Gasteiger charge is 2.38. The van der Waals surface area contributed by atoms with E-state index in [9.17, 15) is 0 Å². The molecule has 3 nitrogen and oxygen atoms in total. The molecule has 1 aliphatic rings. The lowest BCUT2D eigenvalue weighted by Gasteiger charge is -2.20. The van der Waals surface area contributed by atoms with Gasteiger partial charge in [0.1, 0.15) is 11.2 Å². The standard InChI is InChI=1S/C30H28N2O/c1-16(2)22-13-25(32-14-18(22)4)26-17(3)7-8-19-20-9-10-23-27(29(20)33-28(19)26)21-11-12-31-15-24(21)30(23,5)6/h7-16H,1-6H3. The molecule has 0 saturated carbocycles. The normalized spacial score (nSPS) is 14.3. The molecule has 2 aromatic carbocycles. The monoisotopic (exact) mass is 432 g/mol. The maximum absolute atomic E-state index is 6.78. The molecule has 1 aliphatic carbocycles. The third-order valence-corrected chi connectivity index (χ3v) is 7.48. The van der Waals surface area contributed by atoms with E-state index in [-0.39, 0.29) is 5.41 Å². The quantitative estimate of drug-likeness (QED) is 0.283. The molecule has 164 valence electrons. The van der Waals surface area contributed by atoms with Crippen molar-refractivity contribution in [2.24, 2.45) is 0 Å². The molecule has 0 aliphatic heterocycles. The van der Waals surface area contributed by atoms with Gasteiger partial charge in [0.25, 0.3) is 0 Å². The second-order valence-electron chi connectivity index (χ2n) is 10.2. The molecule has 0 bridgehead atoms. The van der Waals surface area contributed by atoms with Crippen molar-refractivity contribution in [1.82, 2.24) is 9.97 Å². The first-order valence-electron chi connectivity index (χ1n) is 11.7. The van der Waals surface area contributed by atoms with Gasteiger partial charge < -0.3 is 4.42 Å². The molecule has 0 radical (unpaired) electrons. The van der Waals surface area contributed by atoms with Crippen molar-refractivity contribution >= 4 is 21.9 Å². The van der Waals surface area contributed by atoms with Crippen LogP contribution in [0.4, 0.5) is 0 Å². The predicted octanol–water partition coefficient (Wildman–Crippen LogP) is 8.09. The molecule has 3 heteroatoms. The van der Waals surface area contributed by atoms with Gasteiger partial charge >= 0.3 is 0 Å². The highest BCUT2D eigenvalue weighted by Crippen LogP contribution is 2.52. The Balaban J connectivity index is 1.70. The van der Waals surface area contributed by atoms with Gasteiger partial charge in [0, 0.05) is 45.9 Å². The van der Waals surface area contributed by atoms with E-state index in [0.29, 0.717) is 5.92 Å². The van der Waals surface area contributed by atoms with Crippen LogP contribution in [0.1, 0.15) is 61.4 Å². The molecule has 0 saturated heterocycles. The topological polar surface area (TPSA) is 38.9 Å². The number of furan rings is 1. The van der Waals surface area contributed by atoms with Crippen LogP contribution in [0.15, 0.2) is 59.4 Å². The summed E-state index contributed by atoms with van der Waals surface area (Å²) in [5, 5.41) is 2.30. The van der Waals surface area contributed by atoms with Crippen molar-refractivity contribution in [2.75, 3.05) is 0 Å². The number of benzene rings is 2. The van der Waals surface area contributed by atoms with Gasteiger partial charge in [0.15, 0.2) is 0 Å². The van der Waals surface area contributed by atoms with Gasteiger partial charge in [-0.1, -0.05) is 52.0 Å². The molecule has 0 unspecified atom stereocenters. The van der Waals surface area contributed by atoms with Gasteiger partial charge in [0.05, 0.1) is 5.69 Å². The van der Waals surface area contributed by atoms with Crippen molar-refractivity contribution < 1.29 is 4.42 Å². The van der Waals surface area contributed by atoms with Crippen LogP contribution >= 0.6 is 0 Å². The molecule has 0 atom stereocenters. The molecule has 33 heavy (non-hydrogen) atoms. The molecule has 0 spiro atoms. The number of rotatable bonds is 2. The average molecular weight is 433 g/mol. The van der Waals surface area contributed by atoms with Gasteiger partial charge in [-0.25, -0.2) is 0 Å². The Bertz CT molecular complexity index is 1590. The maximum atomic E-state index is 6.78. The Morgan fingerprint density at radius 1 is 0.818 bits per heavy atom. The van der Waals surface area contributed by atoms with Gasteiger partial charge in [0.2, 0.25) is 0 Å². The van der Waals surface area contributed by atoms with Crippen LogP contribution in [0.25, 0.3) is 44.3 Å². The van der Waals surface area contributed by atoms with Crippen LogP contribution in [0.5, 0.6) is 0 Å². The molecule has 0 fully saturated rings. The second kappa shape index (κ2) is 6.77. The Labute approximate surface area is 194 Å². The first kappa shape index (κ1) is 20.2. The summed E-state index contributed by atoms with van der Waals surface area (Å²) in [6, 6.07) is 13.2. The summed E-state index contributed by atoms with van der Waals surface area (Å²) in [6.07, 6.45) is 5.88. The fourth-order valence-electron chi connectivity index (χ4n) is 5.66. The molecule has 3 heterocycles. The summed E-state index contributed by atoms with van der Waals surface area (Å²) in [7, 11) is 0. The van der Waals surface area contributed by atoms with Crippen molar-refractivity contribution in [2.45, 2.75) is 52.9 Å². The summed E-state index contributed by atoms with van der Waals surface area (Å²) in [6.45, 7) is 13.3.